The minimum atomic E-state index is -0.350. The molecule has 13 heavy (non-hydrogen) atoms. The third-order valence-electron chi connectivity index (χ3n) is 1.79. The molecule has 0 aromatic heterocycles. The Balaban J connectivity index is 2.18. The van der Waals surface area contributed by atoms with Gasteiger partial charge in [0, 0.05) is 6.42 Å². The van der Waals surface area contributed by atoms with Crippen molar-refractivity contribution in [3.05, 3.63) is 0 Å². The van der Waals surface area contributed by atoms with E-state index in [2.05, 4.69) is 5.32 Å². The van der Waals surface area contributed by atoms with Gasteiger partial charge in [0.1, 0.15) is 6.61 Å². The zero-order chi connectivity index (χ0) is 9.68. The topological polar surface area (TPSA) is 58.6 Å². The standard InChI is InChI=1S/C8H14N2O3/c1-2-3-7(11)9-6-10-4-5-13-8(10)12/h2-6H2,1H3,(H,9,11). The van der Waals surface area contributed by atoms with Gasteiger partial charge >= 0.3 is 6.09 Å². The third-order valence-corrected chi connectivity index (χ3v) is 1.79. The summed E-state index contributed by atoms with van der Waals surface area (Å²) in [6.45, 7) is 3.18. The van der Waals surface area contributed by atoms with Crippen molar-refractivity contribution < 1.29 is 14.3 Å². The first kappa shape index (κ1) is 9.83. The molecule has 5 nitrogen and oxygen atoms in total. The summed E-state index contributed by atoms with van der Waals surface area (Å²) >= 11 is 0. The van der Waals surface area contributed by atoms with E-state index in [1.807, 2.05) is 6.92 Å². The number of cyclic esters (lactones) is 1. The fourth-order valence-electron chi connectivity index (χ4n) is 1.07. The van der Waals surface area contributed by atoms with E-state index >= 15 is 0 Å². The second-order valence-electron chi connectivity index (χ2n) is 2.89. The lowest BCUT2D eigenvalue weighted by Gasteiger charge is -2.12. The molecule has 1 heterocycles. The van der Waals surface area contributed by atoms with Gasteiger partial charge in [-0.2, -0.15) is 0 Å². The molecule has 0 aromatic rings. The fraction of sp³-hybridized carbons (Fsp3) is 0.750. The molecular weight excluding hydrogens is 172 g/mol. The van der Waals surface area contributed by atoms with Gasteiger partial charge in [-0.15, -0.1) is 0 Å². The molecule has 1 rings (SSSR count). The minimum absolute atomic E-state index is 0.0257. The van der Waals surface area contributed by atoms with Gasteiger partial charge in [-0.25, -0.2) is 4.79 Å². The lowest BCUT2D eigenvalue weighted by atomic mass is 10.3. The second-order valence-corrected chi connectivity index (χ2v) is 2.89. The molecule has 0 aliphatic carbocycles. The lowest BCUT2D eigenvalue weighted by Crippen LogP contribution is -2.37. The van der Waals surface area contributed by atoms with E-state index in [9.17, 15) is 9.59 Å². The van der Waals surface area contributed by atoms with Crippen LogP contribution in [0.2, 0.25) is 0 Å². The highest BCUT2D eigenvalue weighted by molar-refractivity contribution is 5.76. The number of amides is 2. The van der Waals surface area contributed by atoms with E-state index < -0.39 is 0 Å². The lowest BCUT2D eigenvalue weighted by molar-refractivity contribution is -0.121. The fourth-order valence-corrected chi connectivity index (χ4v) is 1.07. The molecule has 0 bridgehead atoms. The van der Waals surface area contributed by atoms with E-state index in [4.69, 9.17) is 4.74 Å². The van der Waals surface area contributed by atoms with E-state index in [-0.39, 0.29) is 18.7 Å². The highest BCUT2D eigenvalue weighted by atomic mass is 16.6. The van der Waals surface area contributed by atoms with Crippen molar-refractivity contribution in [2.24, 2.45) is 0 Å². The minimum Gasteiger partial charge on any atom is -0.447 e. The van der Waals surface area contributed by atoms with E-state index in [0.29, 0.717) is 19.6 Å². The number of carbonyl (C=O) groups excluding carboxylic acids is 2. The van der Waals surface area contributed by atoms with Crippen LogP contribution in [0.5, 0.6) is 0 Å². The van der Waals surface area contributed by atoms with E-state index in [1.54, 1.807) is 0 Å². The van der Waals surface area contributed by atoms with Gasteiger partial charge in [-0.3, -0.25) is 9.69 Å². The van der Waals surface area contributed by atoms with Crippen LogP contribution in [0.3, 0.4) is 0 Å². The summed E-state index contributed by atoms with van der Waals surface area (Å²) in [5, 5.41) is 2.64. The quantitative estimate of drug-likeness (QED) is 0.687. The van der Waals surface area contributed by atoms with Crippen LogP contribution in [-0.2, 0) is 9.53 Å². The third kappa shape index (κ3) is 2.93. The predicted molar refractivity (Wildman–Crippen MR) is 46.0 cm³/mol. The Kier molecular flexibility index (Phi) is 3.54. The highest BCUT2D eigenvalue weighted by Crippen LogP contribution is 2.00. The number of hydrogen-bond acceptors (Lipinski definition) is 3. The number of rotatable bonds is 4. The van der Waals surface area contributed by atoms with Crippen molar-refractivity contribution >= 4 is 12.0 Å². The van der Waals surface area contributed by atoms with Crippen LogP contribution in [0.25, 0.3) is 0 Å². The number of ether oxygens (including phenoxy) is 1. The SMILES string of the molecule is CCCC(=O)NCN1CCOC1=O. The summed E-state index contributed by atoms with van der Waals surface area (Å²) in [7, 11) is 0. The maximum Gasteiger partial charge on any atom is 0.411 e. The molecule has 0 saturated carbocycles. The summed E-state index contributed by atoms with van der Waals surface area (Å²) in [6.07, 6.45) is 0.968. The summed E-state index contributed by atoms with van der Waals surface area (Å²) < 4.78 is 4.69. The first-order valence-electron chi connectivity index (χ1n) is 4.42. The number of hydrogen-bond donors (Lipinski definition) is 1. The van der Waals surface area contributed by atoms with Crippen LogP contribution in [0.15, 0.2) is 0 Å². The molecule has 1 aliphatic rings. The predicted octanol–water partition coefficient (Wildman–Crippen LogP) is 0.312. The van der Waals surface area contributed by atoms with Crippen molar-refractivity contribution in [2.75, 3.05) is 19.8 Å². The monoisotopic (exact) mass is 186 g/mol. The van der Waals surface area contributed by atoms with Gasteiger partial charge in [0.15, 0.2) is 0 Å². The number of nitrogens with one attached hydrogen (secondary N) is 1. The molecule has 0 radical (unpaired) electrons. The van der Waals surface area contributed by atoms with Crippen molar-refractivity contribution in [2.45, 2.75) is 19.8 Å². The van der Waals surface area contributed by atoms with Crippen LogP contribution >= 0.6 is 0 Å². The van der Waals surface area contributed by atoms with Gasteiger partial charge < -0.3 is 10.1 Å². The smallest absolute Gasteiger partial charge is 0.411 e. The van der Waals surface area contributed by atoms with Gasteiger partial charge in [-0.1, -0.05) is 6.92 Å². The van der Waals surface area contributed by atoms with Crippen LogP contribution in [0, 0.1) is 0 Å². The van der Waals surface area contributed by atoms with Gasteiger partial charge in [-0.05, 0) is 6.42 Å². The van der Waals surface area contributed by atoms with Crippen LogP contribution < -0.4 is 5.32 Å². The molecular formula is C8H14N2O3. The summed E-state index contributed by atoms with van der Waals surface area (Å²) in [5.74, 6) is -0.0257. The number of nitrogens with zero attached hydrogens (tertiary/aromatic N) is 1. The van der Waals surface area contributed by atoms with E-state index in [1.165, 1.54) is 4.90 Å². The molecule has 0 unspecified atom stereocenters. The number of carbonyl (C=O) groups is 2. The Morgan fingerprint density at radius 2 is 2.46 bits per heavy atom. The summed E-state index contributed by atoms with van der Waals surface area (Å²) in [4.78, 5) is 23.4. The Hall–Kier alpha value is -1.26. The van der Waals surface area contributed by atoms with Crippen molar-refractivity contribution in [3.63, 3.8) is 0 Å². The Bertz CT molecular complexity index is 206. The van der Waals surface area contributed by atoms with Crippen LogP contribution in [0.4, 0.5) is 4.79 Å². The second kappa shape index (κ2) is 4.69. The summed E-state index contributed by atoms with van der Waals surface area (Å²) in [5.41, 5.74) is 0. The van der Waals surface area contributed by atoms with Gasteiger partial charge in [0.2, 0.25) is 5.91 Å². The molecule has 0 aromatic carbocycles. The van der Waals surface area contributed by atoms with Crippen molar-refractivity contribution in [1.29, 1.82) is 0 Å². The van der Waals surface area contributed by atoms with Crippen LogP contribution in [-0.4, -0.2) is 36.7 Å². The first-order chi connectivity index (χ1) is 6.24. The molecule has 0 atom stereocenters. The molecule has 1 saturated heterocycles. The summed E-state index contributed by atoms with van der Waals surface area (Å²) in [6, 6.07) is 0. The molecule has 1 N–H and O–H groups in total. The molecule has 5 heteroatoms. The van der Waals surface area contributed by atoms with Crippen molar-refractivity contribution in [3.8, 4) is 0 Å². The Morgan fingerprint density at radius 3 is 3.00 bits per heavy atom. The van der Waals surface area contributed by atoms with Crippen molar-refractivity contribution in [1.82, 2.24) is 10.2 Å². The molecule has 1 fully saturated rings. The Morgan fingerprint density at radius 1 is 1.69 bits per heavy atom. The zero-order valence-corrected chi connectivity index (χ0v) is 7.71. The highest BCUT2D eigenvalue weighted by Gasteiger charge is 2.21. The maximum absolute atomic E-state index is 11.0. The first-order valence-corrected chi connectivity index (χ1v) is 4.42. The largest absolute Gasteiger partial charge is 0.447 e. The average molecular weight is 186 g/mol. The molecule has 1 aliphatic heterocycles. The van der Waals surface area contributed by atoms with Crippen LogP contribution in [0.1, 0.15) is 19.8 Å². The van der Waals surface area contributed by atoms with Gasteiger partial charge in [0.25, 0.3) is 0 Å². The normalized spacial score (nSPS) is 15.8. The maximum atomic E-state index is 11.0. The average Bonchev–Trinajstić information content (AvgIpc) is 2.48. The Labute approximate surface area is 77.0 Å². The molecule has 0 spiro atoms. The molecule has 2 amide bonds. The van der Waals surface area contributed by atoms with E-state index in [0.717, 1.165) is 6.42 Å². The molecule has 74 valence electrons. The zero-order valence-electron chi connectivity index (χ0n) is 7.71. The van der Waals surface area contributed by atoms with Gasteiger partial charge in [0.05, 0.1) is 13.2 Å².